The lowest BCUT2D eigenvalue weighted by Crippen LogP contribution is -2.40. The van der Waals surface area contributed by atoms with Gasteiger partial charge in [0.15, 0.2) is 0 Å². The summed E-state index contributed by atoms with van der Waals surface area (Å²) in [6.07, 6.45) is 0.999. The van der Waals surface area contributed by atoms with Crippen LogP contribution in [0.25, 0.3) is 0 Å². The van der Waals surface area contributed by atoms with Gasteiger partial charge in [0, 0.05) is 5.56 Å². The number of fused-ring (bicyclic) bond motifs is 3. The number of ether oxygens (including phenoxy) is 2. The third-order valence-corrected chi connectivity index (χ3v) is 4.22. The van der Waals surface area contributed by atoms with Crippen LogP contribution in [0.1, 0.15) is 16.7 Å². The second-order valence-corrected chi connectivity index (χ2v) is 5.64. The summed E-state index contributed by atoms with van der Waals surface area (Å²) in [6.45, 7) is 3.53. The van der Waals surface area contributed by atoms with Crippen LogP contribution in [0, 0.1) is 6.92 Å². The Kier molecular flexibility index (Phi) is 2.16. The second-order valence-electron chi connectivity index (χ2n) is 5.64. The highest BCUT2D eigenvalue weighted by Gasteiger charge is 2.44. The molecule has 0 amide bonds. The summed E-state index contributed by atoms with van der Waals surface area (Å²) in [6, 6.07) is 14.8. The third-order valence-electron chi connectivity index (χ3n) is 4.22. The maximum atomic E-state index is 5.97. The summed E-state index contributed by atoms with van der Waals surface area (Å²) in [7, 11) is 0. The van der Waals surface area contributed by atoms with Gasteiger partial charge in [-0.3, -0.25) is 0 Å². The molecule has 2 aliphatic rings. The van der Waals surface area contributed by atoms with E-state index in [9.17, 15) is 0 Å². The maximum absolute atomic E-state index is 5.97. The molecule has 2 aromatic carbocycles. The van der Waals surface area contributed by atoms with Crippen LogP contribution >= 0.6 is 0 Å². The van der Waals surface area contributed by atoms with E-state index in [4.69, 9.17) is 9.47 Å². The van der Waals surface area contributed by atoms with Gasteiger partial charge in [0.05, 0.1) is 5.41 Å². The quantitative estimate of drug-likeness (QED) is 0.716. The molecule has 2 heterocycles. The lowest BCUT2D eigenvalue weighted by atomic mass is 9.76. The van der Waals surface area contributed by atoms with Crippen molar-refractivity contribution in [2.45, 2.75) is 18.8 Å². The molecule has 1 atom stereocenters. The zero-order valence-electron chi connectivity index (χ0n) is 11.0. The summed E-state index contributed by atoms with van der Waals surface area (Å²) < 4.78 is 11.9. The highest BCUT2D eigenvalue weighted by atomic mass is 16.5. The molecule has 19 heavy (non-hydrogen) atoms. The predicted molar refractivity (Wildman–Crippen MR) is 74.0 cm³/mol. The minimum atomic E-state index is -0.00259. The Labute approximate surface area is 113 Å². The Morgan fingerprint density at radius 1 is 0.947 bits per heavy atom. The van der Waals surface area contributed by atoms with Gasteiger partial charge in [-0.2, -0.15) is 0 Å². The van der Waals surface area contributed by atoms with Crippen molar-refractivity contribution >= 4 is 0 Å². The van der Waals surface area contributed by atoms with Gasteiger partial charge >= 0.3 is 0 Å². The summed E-state index contributed by atoms with van der Waals surface area (Å²) in [4.78, 5) is 0. The zero-order chi connectivity index (χ0) is 12.9. The Morgan fingerprint density at radius 3 is 2.63 bits per heavy atom. The average molecular weight is 252 g/mol. The molecule has 2 aliphatic heterocycles. The van der Waals surface area contributed by atoms with Gasteiger partial charge in [-0.1, -0.05) is 30.3 Å². The van der Waals surface area contributed by atoms with Crippen LogP contribution < -0.4 is 9.47 Å². The number of hydrogen-bond donors (Lipinski definition) is 0. The van der Waals surface area contributed by atoms with Gasteiger partial charge in [0.1, 0.15) is 24.7 Å². The lowest BCUT2D eigenvalue weighted by molar-refractivity contribution is 0.154. The van der Waals surface area contributed by atoms with Crippen molar-refractivity contribution in [2.24, 2.45) is 0 Å². The SMILES string of the molecule is Cc1ccc2c(c1)OCC21COc2ccccc2C1. The van der Waals surface area contributed by atoms with E-state index >= 15 is 0 Å². The van der Waals surface area contributed by atoms with Crippen molar-refractivity contribution in [3.05, 3.63) is 59.2 Å². The van der Waals surface area contributed by atoms with Gasteiger partial charge in [-0.15, -0.1) is 0 Å². The monoisotopic (exact) mass is 252 g/mol. The Bertz CT molecular complexity index is 647. The molecule has 0 bridgehead atoms. The Hall–Kier alpha value is -1.96. The number of hydrogen-bond acceptors (Lipinski definition) is 2. The fourth-order valence-corrected chi connectivity index (χ4v) is 3.17. The fourth-order valence-electron chi connectivity index (χ4n) is 3.17. The molecular formula is C17H16O2. The lowest BCUT2D eigenvalue weighted by Gasteiger charge is -2.33. The normalized spacial score (nSPS) is 23.4. The molecule has 0 aliphatic carbocycles. The van der Waals surface area contributed by atoms with Crippen LogP contribution in [0.15, 0.2) is 42.5 Å². The molecule has 0 fully saturated rings. The van der Waals surface area contributed by atoms with Crippen molar-refractivity contribution in [1.29, 1.82) is 0 Å². The summed E-state index contributed by atoms with van der Waals surface area (Å²) in [5, 5.41) is 0. The van der Waals surface area contributed by atoms with Crippen molar-refractivity contribution in [2.75, 3.05) is 13.2 Å². The van der Waals surface area contributed by atoms with Gasteiger partial charge < -0.3 is 9.47 Å². The second kappa shape index (κ2) is 3.77. The van der Waals surface area contributed by atoms with Crippen LogP contribution in [-0.4, -0.2) is 13.2 Å². The fraction of sp³-hybridized carbons (Fsp3) is 0.294. The predicted octanol–water partition coefficient (Wildman–Crippen LogP) is 3.26. The van der Waals surface area contributed by atoms with E-state index in [1.54, 1.807) is 0 Å². The van der Waals surface area contributed by atoms with E-state index in [1.807, 2.05) is 12.1 Å². The van der Waals surface area contributed by atoms with E-state index in [-0.39, 0.29) is 5.41 Å². The summed E-state index contributed by atoms with van der Waals surface area (Å²) in [5.41, 5.74) is 3.82. The van der Waals surface area contributed by atoms with Crippen molar-refractivity contribution in [3.8, 4) is 11.5 Å². The van der Waals surface area contributed by atoms with E-state index in [2.05, 4.69) is 37.3 Å². The van der Waals surface area contributed by atoms with Crippen molar-refractivity contribution in [1.82, 2.24) is 0 Å². The highest BCUT2D eigenvalue weighted by molar-refractivity contribution is 5.49. The molecule has 1 spiro atoms. The Balaban J connectivity index is 1.79. The largest absolute Gasteiger partial charge is 0.492 e. The molecule has 2 heteroatoms. The molecule has 0 N–H and O–H groups in total. The zero-order valence-corrected chi connectivity index (χ0v) is 11.0. The van der Waals surface area contributed by atoms with E-state index in [0.717, 1.165) is 24.5 Å². The van der Waals surface area contributed by atoms with Gasteiger partial charge in [-0.25, -0.2) is 0 Å². The van der Waals surface area contributed by atoms with Crippen molar-refractivity contribution < 1.29 is 9.47 Å². The molecule has 4 rings (SSSR count). The first kappa shape index (κ1) is 10.9. The molecule has 0 aromatic heterocycles. The highest BCUT2D eigenvalue weighted by Crippen LogP contribution is 2.45. The van der Waals surface area contributed by atoms with E-state index in [0.29, 0.717) is 6.61 Å². The Morgan fingerprint density at radius 2 is 1.74 bits per heavy atom. The topological polar surface area (TPSA) is 18.5 Å². The number of para-hydroxylation sites is 1. The molecule has 2 aromatic rings. The minimum Gasteiger partial charge on any atom is -0.492 e. The molecule has 0 saturated carbocycles. The molecule has 0 radical (unpaired) electrons. The first-order chi connectivity index (χ1) is 9.27. The number of benzene rings is 2. The van der Waals surface area contributed by atoms with E-state index < -0.39 is 0 Å². The van der Waals surface area contributed by atoms with E-state index in [1.165, 1.54) is 16.7 Å². The van der Waals surface area contributed by atoms with Crippen molar-refractivity contribution in [3.63, 3.8) is 0 Å². The molecule has 0 saturated heterocycles. The number of aryl methyl sites for hydroxylation is 1. The standard InChI is InChI=1S/C17H16O2/c1-12-6-7-14-16(8-12)19-11-17(14)9-13-4-2-3-5-15(13)18-10-17/h2-8H,9-11H2,1H3. The molecule has 2 nitrogen and oxygen atoms in total. The summed E-state index contributed by atoms with van der Waals surface area (Å²) in [5.74, 6) is 2.05. The first-order valence-electron chi connectivity index (χ1n) is 6.72. The van der Waals surface area contributed by atoms with Crippen LogP contribution in [0.3, 0.4) is 0 Å². The van der Waals surface area contributed by atoms with Crippen LogP contribution in [0.2, 0.25) is 0 Å². The smallest absolute Gasteiger partial charge is 0.123 e. The van der Waals surface area contributed by atoms with Gasteiger partial charge in [-0.05, 0) is 36.6 Å². The number of rotatable bonds is 0. The van der Waals surface area contributed by atoms with Crippen LogP contribution in [-0.2, 0) is 11.8 Å². The molecular weight excluding hydrogens is 236 g/mol. The van der Waals surface area contributed by atoms with Gasteiger partial charge in [0.2, 0.25) is 0 Å². The summed E-state index contributed by atoms with van der Waals surface area (Å²) >= 11 is 0. The first-order valence-corrected chi connectivity index (χ1v) is 6.72. The molecule has 96 valence electrons. The van der Waals surface area contributed by atoms with Crippen LogP contribution in [0.4, 0.5) is 0 Å². The van der Waals surface area contributed by atoms with Crippen LogP contribution in [0.5, 0.6) is 11.5 Å². The minimum absolute atomic E-state index is 0.00259. The third kappa shape index (κ3) is 1.56. The average Bonchev–Trinajstić information content (AvgIpc) is 2.77. The maximum Gasteiger partial charge on any atom is 0.123 e. The molecule has 1 unspecified atom stereocenters. The van der Waals surface area contributed by atoms with Gasteiger partial charge in [0.25, 0.3) is 0 Å².